The molecule has 1 N–H and O–H groups in total. The second-order valence-electron chi connectivity index (χ2n) is 4.24. The van der Waals surface area contributed by atoms with Crippen LogP contribution in [-0.2, 0) is 9.53 Å². The lowest BCUT2D eigenvalue weighted by Gasteiger charge is -2.04. The zero-order chi connectivity index (χ0) is 14.0. The molecular formula is C15H17NO3. The van der Waals surface area contributed by atoms with Crippen molar-refractivity contribution in [3.05, 3.63) is 36.0 Å². The van der Waals surface area contributed by atoms with Gasteiger partial charge in [0, 0.05) is 17.0 Å². The number of hydrogen-bond acceptors (Lipinski definition) is 3. The third kappa shape index (κ3) is 2.34. The molecule has 4 nitrogen and oxygen atoms in total. The van der Waals surface area contributed by atoms with Gasteiger partial charge in [-0.3, -0.25) is 0 Å². The number of H-pyrrole nitrogens is 1. The first kappa shape index (κ1) is 13.2. The first-order valence-corrected chi connectivity index (χ1v) is 6.11. The van der Waals surface area contributed by atoms with Gasteiger partial charge in [0.15, 0.2) is 0 Å². The van der Waals surface area contributed by atoms with Crippen LogP contribution in [-0.4, -0.2) is 24.7 Å². The van der Waals surface area contributed by atoms with Crippen LogP contribution >= 0.6 is 0 Å². The average Bonchev–Trinajstić information content (AvgIpc) is 2.74. The summed E-state index contributed by atoms with van der Waals surface area (Å²) < 4.78 is 10.2. The monoisotopic (exact) mass is 259 g/mol. The van der Waals surface area contributed by atoms with E-state index in [9.17, 15) is 4.79 Å². The first-order valence-electron chi connectivity index (χ1n) is 6.11. The fraction of sp³-hybridized carbons (Fsp3) is 0.267. The summed E-state index contributed by atoms with van der Waals surface area (Å²) in [6.45, 7) is 7.86. The number of aromatic nitrogens is 1. The number of ether oxygens (including phenoxy) is 2. The zero-order valence-corrected chi connectivity index (χ0v) is 11.4. The molecule has 1 aromatic heterocycles. The van der Waals surface area contributed by atoms with Gasteiger partial charge in [0.2, 0.25) is 0 Å². The van der Waals surface area contributed by atoms with Crippen molar-refractivity contribution in [3.8, 4) is 5.75 Å². The lowest BCUT2D eigenvalue weighted by molar-refractivity contribution is -0.136. The number of carbonyl (C=O) groups excluding carboxylic acids is 1. The molecule has 0 spiro atoms. The number of hydrogen-bond donors (Lipinski definition) is 1. The number of aromatic amines is 1. The van der Waals surface area contributed by atoms with E-state index < -0.39 is 5.97 Å². The molecule has 0 radical (unpaired) electrons. The van der Waals surface area contributed by atoms with Crippen molar-refractivity contribution in [1.82, 2.24) is 4.98 Å². The zero-order valence-electron chi connectivity index (χ0n) is 11.4. The molecule has 2 rings (SSSR count). The third-order valence-corrected chi connectivity index (χ3v) is 3.09. The summed E-state index contributed by atoms with van der Waals surface area (Å²) in [5, 5.41) is 1.04. The van der Waals surface area contributed by atoms with Gasteiger partial charge < -0.3 is 14.5 Å². The molecule has 1 aromatic carbocycles. The van der Waals surface area contributed by atoms with Gasteiger partial charge in [-0.15, -0.1) is 0 Å². The maximum absolute atomic E-state index is 11.7. The molecule has 0 saturated heterocycles. The molecule has 4 heteroatoms. The molecular weight excluding hydrogens is 242 g/mol. The van der Waals surface area contributed by atoms with Crippen molar-refractivity contribution < 1.29 is 14.3 Å². The highest BCUT2D eigenvalue weighted by Gasteiger charge is 2.17. The first-order chi connectivity index (χ1) is 9.08. The van der Waals surface area contributed by atoms with Crippen molar-refractivity contribution >= 4 is 22.4 Å². The standard InChI is InChI=1S/C15H17NO3/c1-5-19-15(17)10(3)14-9(2)12-7-6-11(18-4)8-13(12)16-14/h6-8,16H,3,5H2,1-2,4H3. The normalized spacial score (nSPS) is 10.5. The number of methoxy groups -OCH3 is 1. The smallest absolute Gasteiger partial charge is 0.339 e. The van der Waals surface area contributed by atoms with Crippen LogP contribution in [0.3, 0.4) is 0 Å². The average molecular weight is 259 g/mol. The number of rotatable bonds is 4. The van der Waals surface area contributed by atoms with Crippen LogP contribution in [0.1, 0.15) is 18.2 Å². The van der Waals surface area contributed by atoms with E-state index in [1.807, 2.05) is 25.1 Å². The predicted molar refractivity (Wildman–Crippen MR) is 75.3 cm³/mol. The molecule has 19 heavy (non-hydrogen) atoms. The van der Waals surface area contributed by atoms with E-state index in [-0.39, 0.29) is 0 Å². The molecule has 100 valence electrons. The van der Waals surface area contributed by atoms with Gasteiger partial charge in [-0.05, 0) is 31.5 Å². The van der Waals surface area contributed by atoms with Gasteiger partial charge in [0.1, 0.15) is 5.75 Å². The summed E-state index contributed by atoms with van der Waals surface area (Å²) in [4.78, 5) is 14.9. The van der Waals surface area contributed by atoms with Gasteiger partial charge in [-0.1, -0.05) is 6.58 Å². The van der Waals surface area contributed by atoms with Crippen LogP contribution in [0.25, 0.3) is 16.5 Å². The number of esters is 1. The van der Waals surface area contributed by atoms with Gasteiger partial charge in [0.05, 0.1) is 25.0 Å². The van der Waals surface area contributed by atoms with Crippen LogP contribution in [0, 0.1) is 6.92 Å². The molecule has 0 saturated carbocycles. The number of nitrogens with one attached hydrogen (secondary N) is 1. The Hall–Kier alpha value is -2.23. The summed E-state index contributed by atoms with van der Waals surface area (Å²) in [5.74, 6) is 0.367. The SMILES string of the molecule is C=C(C(=O)OCC)c1[nH]c2cc(OC)ccc2c1C. The Labute approximate surface area is 112 Å². The molecule has 0 aliphatic rings. The van der Waals surface area contributed by atoms with Crippen molar-refractivity contribution in [2.45, 2.75) is 13.8 Å². The van der Waals surface area contributed by atoms with Crippen molar-refractivity contribution in [3.63, 3.8) is 0 Å². The van der Waals surface area contributed by atoms with Gasteiger partial charge >= 0.3 is 5.97 Å². The number of fused-ring (bicyclic) bond motifs is 1. The Morgan fingerprint density at radius 3 is 2.79 bits per heavy atom. The van der Waals surface area contributed by atoms with E-state index in [1.54, 1.807) is 14.0 Å². The van der Waals surface area contributed by atoms with Gasteiger partial charge in [0.25, 0.3) is 0 Å². The van der Waals surface area contributed by atoms with E-state index in [2.05, 4.69) is 11.6 Å². The lowest BCUT2D eigenvalue weighted by Crippen LogP contribution is -2.06. The van der Waals surface area contributed by atoms with Crippen LogP contribution in [0.5, 0.6) is 5.75 Å². The Bertz CT molecular complexity index is 640. The summed E-state index contributed by atoms with van der Waals surface area (Å²) >= 11 is 0. The number of carbonyl (C=O) groups is 1. The minimum absolute atomic E-state index is 0.338. The maximum Gasteiger partial charge on any atom is 0.339 e. The van der Waals surface area contributed by atoms with Crippen LogP contribution in [0.2, 0.25) is 0 Å². The molecule has 0 fully saturated rings. The highest BCUT2D eigenvalue weighted by atomic mass is 16.5. The van der Waals surface area contributed by atoms with Crippen LogP contribution in [0.4, 0.5) is 0 Å². The molecule has 0 atom stereocenters. The molecule has 0 amide bonds. The van der Waals surface area contributed by atoms with Crippen LogP contribution < -0.4 is 4.74 Å². The lowest BCUT2D eigenvalue weighted by atomic mass is 10.1. The summed E-state index contributed by atoms with van der Waals surface area (Å²) in [7, 11) is 1.62. The second-order valence-corrected chi connectivity index (χ2v) is 4.24. The molecule has 0 aliphatic heterocycles. The van der Waals surface area contributed by atoms with E-state index in [4.69, 9.17) is 9.47 Å². The Morgan fingerprint density at radius 1 is 1.42 bits per heavy atom. The van der Waals surface area contributed by atoms with Gasteiger partial charge in [-0.25, -0.2) is 4.79 Å². The summed E-state index contributed by atoms with van der Waals surface area (Å²) in [5.41, 5.74) is 2.95. The Kier molecular flexibility index (Phi) is 3.60. The fourth-order valence-electron chi connectivity index (χ4n) is 2.07. The summed E-state index contributed by atoms with van der Waals surface area (Å²) in [6.07, 6.45) is 0. The Morgan fingerprint density at radius 2 is 2.16 bits per heavy atom. The number of benzene rings is 1. The fourth-order valence-corrected chi connectivity index (χ4v) is 2.07. The Balaban J connectivity index is 2.47. The molecule has 0 bridgehead atoms. The van der Waals surface area contributed by atoms with E-state index in [0.717, 1.165) is 22.2 Å². The van der Waals surface area contributed by atoms with Crippen LogP contribution in [0.15, 0.2) is 24.8 Å². The molecule has 0 unspecified atom stereocenters. The minimum atomic E-state index is -0.399. The topological polar surface area (TPSA) is 51.3 Å². The maximum atomic E-state index is 11.7. The third-order valence-electron chi connectivity index (χ3n) is 3.09. The van der Waals surface area contributed by atoms with Crippen molar-refractivity contribution in [2.24, 2.45) is 0 Å². The van der Waals surface area contributed by atoms with E-state index >= 15 is 0 Å². The summed E-state index contributed by atoms with van der Waals surface area (Å²) in [6, 6.07) is 5.74. The molecule has 1 heterocycles. The largest absolute Gasteiger partial charge is 0.497 e. The molecule has 0 aliphatic carbocycles. The highest BCUT2D eigenvalue weighted by molar-refractivity contribution is 6.16. The quantitative estimate of drug-likeness (QED) is 0.678. The minimum Gasteiger partial charge on any atom is -0.497 e. The van der Waals surface area contributed by atoms with Crippen molar-refractivity contribution in [1.29, 1.82) is 0 Å². The number of aryl methyl sites for hydroxylation is 1. The highest BCUT2D eigenvalue weighted by Crippen LogP contribution is 2.29. The van der Waals surface area contributed by atoms with Crippen molar-refractivity contribution in [2.75, 3.05) is 13.7 Å². The van der Waals surface area contributed by atoms with Gasteiger partial charge in [-0.2, -0.15) is 0 Å². The van der Waals surface area contributed by atoms with E-state index in [0.29, 0.717) is 17.9 Å². The molecule has 2 aromatic rings. The second kappa shape index (κ2) is 5.18. The van der Waals surface area contributed by atoms with E-state index in [1.165, 1.54) is 0 Å². The predicted octanol–water partition coefficient (Wildman–Crippen LogP) is 3.06.